The Bertz CT molecular complexity index is 407. The second-order valence-electron chi connectivity index (χ2n) is 5.16. The fourth-order valence-corrected chi connectivity index (χ4v) is 2.95. The smallest absolute Gasteiger partial charge is 0.126 e. The van der Waals surface area contributed by atoms with Gasteiger partial charge in [-0.05, 0) is 37.1 Å². The number of hydrogen-bond donors (Lipinski definition) is 1. The first-order valence-corrected chi connectivity index (χ1v) is 6.39. The minimum Gasteiger partial charge on any atom is -0.381 e. The summed E-state index contributed by atoms with van der Waals surface area (Å²) in [4.78, 5) is 2.34. The number of ether oxygens (including phenoxy) is 1. The van der Waals surface area contributed by atoms with Crippen LogP contribution in [0.25, 0.3) is 0 Å². The molecule has 0 aliphatic carbocycles. The lowest BCUT2D eigenvalue weighted by Gasteiger charge is -2.37. The highest BCUT2D eigenvalue weighted by molar-refractivity contribution is 5.85. The maximum absolute atomic E-state index is 10.8. The first kappa shape index (κ1) is 13.8. The van der Waals surface area contributed by atoms with E-state index in [4.69, 9.17) is 4.74 Å². The van der Waals surface area contributed by atoms with Gasteiger partial charge in [-0.3, -0.25) is 0 Å². The zero-order valence-corrected chi connectivity index (χ0v) is 11.3. The molecule has 0 aromatic heterocycles. The molecule has 3 rings (SSSR count). The van der Waals surface area contributed by atoms with Crippen LogP contribution in [0.1, 0.15) is 24.0 Å². The summed E-state index contributed by atoms with van der Waals surface area (Å²) < 4.78 is 5.55. The van der Waals surface area contributed by atoms with E-state index in [-0.39, 0.29) is 12.4 Å². The summed E-state index contributed by atoms with van der Waals surface area (Å²) in [7, 11) is 0. The molecule has 2 heterocycles. The van der Waals surface area contributed by atoms with Crippen molar-refractivity contribution in [2.45, 2.75) is 25.0 Å². The van der Waals surface area contributed by atoms with Gasteiger partial charge in [-0.25, -0.2) is 0 Å². The van der Waals surface area contributed by atoms with E-state index in [9.17, 15) is 5.11 Å². The summed E-state index contributed by atoms with van der Waals surface area (Å²) in [6.07, 6.45) is 2.50. The average molecular weight is 270 g/mol. The van der Waals surface area contributed by atoms with Gasteiger partial charge in [-0.2, -0.15) is 0 Å². The number of benzene rings is 1. The molecule has 18 heavy (non-hydrogen) atoms. The van der Waals surface area contributed by atoms with E-state index >= 15 is 0 Å². The molecule has 1 unspecified atom stereocenters. The zero-order chi connectivity index (χ0) is 11.7. The van der Waals surface area contributed by atoms with Gasteiger partial charge in [0.05, 0.1) is 13.2 Å². The van der Waals surface area contributed by atoms with E-state index in [0.29, 0.717) is 19.8 Å². The summed E-state index contributed by atoms with van der Waals surface area (Å²) >= 11 is 0. The Morgan fingerprint density at radius 1 is 1.22 bits per heavy atom. The number of likely N-dealkylation sites (tertiary alicyclic amines) is 1. The minimum absolute atomic E-state index is 0. The van der Waals surface area contributed by atoms with Crippen molar-refractivity contribution in [1.82, 2.24) is 4.90 Å². The van der Waals surface area contributed by atoms with Gasteiger partial charge in [0.2, 0.25) is 0 Å². The fourth-order valence-electron chi connectivity index (χ4n) is 2.95. The standard InChI is InChI=1S/C14H19NO2.ClH/c16-14(10-15-7-3-4-8-15)11-17-9-12-5-1-2-6-13(12)14;/h1-2,5-6,16H,3-4,7-11H2;1H. The maximum atomic E-state index is 10.8. The van der Waals surface area contributed by atoms with Crippen LogP contribution in [0.5, 0.6) is 0 Å². The monoisotopic (exact) mass is 269 g/mol. The van der Waals surface area contributed by atoms with Gasteiger partial charge in [-0.1, -0.05) is 24.3 Å². The summed E-state index contributed by atoms with van der Waals surface area (Å²) in [5.74, 6) is 0. The van der Waals surface area contributed by atoms with Crippen LogP contribution in [0.4, 0.5) is 0 Å². The molecule has 2 aliphatic rings. The van der Waals surface area contributed by atoms with Gasteiger partial charge >= 0.3 is 0 Å². The van der Waals surface area contributed by atoms with Gasteiger partial charge in [0.25, 0.3) is 0 Å². The maximum Gasteiger partial charge on any atom is 0.126 e. The normalized spacial score (nSPS) is 27.6. The molecule has 100 valence electrons. The lowest BCUT2D eigenvalue weighted by Crippen LogP contribution is -2.45. The van der Waals surface area contributed by atoms with Crippen LogP contribution in [-0.2, 0) is 16.9 Å². The summed E-state index contributed by atoms with van der Waals surface area (Å²) in [6.45, 7) is 3.94. The molecule has 1 atom stereocenters. The van der Waals surface area contributed by atoms with Crippen LogP contribution in [-0.4, -0.2) is 36.2 Å². The molecule has 1 saturated heterocycles. The van der Waals surface area contributed by atoms with Crippen molar-refractivity contribution in [1.29, 1.82) is 0 Å². The largest absolute Gasteiger partial charge is 0.381 e. The quantitative estimate of drug-likeness (QED) is 0.890. The Morgan fingerprint density at radius 2 is 1.94 bits per heavy atom. The van der Waals surface area contributed by atoms with Gasteiger partial charge in [0.1, 0.15) is 5.60 Å². The highest BCUT2D eigenvalue weighted by atomic mass is 35.5. The zero-order valence-electron chi connectivity index (χ0n) is 10.5. The summed E-state index contributed by atoms with van der Waals surface area (Å²) in [6, 6.07) is 8.08. The van der Waals surface area contributed by atoms with Gasteiger partial charge in [0.15, 0.2) is 0 Å². The van der Waals surface area contributed by atoms with Crippen LogP contribution >= 0.6 is 12.4 Å². The minimum atomic E-state index is -0.820. The van der Waals surface area contributed by atoms with Crippen LogP contribution in [0, 0.1) is 0 Å². The number of halogens is 1. The Kier molecular flexibility index (Phi) is 4.28. The first-order valence-electron chi connectivity index (χ1n) is 6.39. The molecule has 3 nitrogen and oxygen atoms in total. The van der Waals surface area contributed by atoms with Gasteiger partial charge < -0.3 is 14.7 Å². The highest BCUT2D eigenvalue weighted by Gasteiger charge is 2.37. The number of nitrogens with zero attached hydrogens (tertiary/aromatic N) is 1. The molecule has 0 radical (unpaired) electrons. The summed E-state index contributed by atoms with van der Waals surface area (Å²) in [5, 5.41) is 10.8. The molecular formula is C14H20ClNO2. The average Bonchev–Trinajstić information content (AvgIpc) is 2.82. The van der Waals surface area contributed by atoms with Crippen molar-refractivity contribution in [3.8, 4) is 0 Å². The Labute approximate surface area is 114 Å². The predicted molar refractivity (Wildman–Crippen MR) is 72.9 cm³/mol. The molecule has 0 spiro atoms. The lowest BCUT2D eigenvalue weighted by atomic mass is 9.88. The predicted octanol–water partition coefficient (Wildman–Crippen LogP) is 1.92. The Morgan fingerprint density at radius 3 is 2.72 bits per heavy atom. The molecular weight excluding hydrogens is 250 g/mol. The van der Waals surface area contributed by atoms with E-state index in [1.54, 1.807) is 0 Å². The molecule has 1 fully saturated rings. The molecule has 0 saturated carbocycles. The second kappa shape index (κ2) is 5.57. The van der Waals surface area contributed by atoms with Gasteiger partial charge in [0, 0.05) is 6.54 Å². The number of fused-ring (bicyclic) bond motifs is 1. The molecule has 2 aliphatic heterocycles. The SMILES string of the molecule is Cl.OC1(CN2CCCC2)COCc2ccccc21. The van der Waals surface area contributed by atoms with Crippen molar-refractivity contribution in [3.05, 3.63) is 35.4 Å². The lowest BCUT2D eigenvalue weighted by molar-refractivity contribution is -0.0870. The number of β-amino-alcohol motifs (C(OH)–C–C–N with tert-alkyl or cyclic N) is 1. The van der Waals surface area contributed by atoms with Crippen molar-refractivity contribution in [2.24, 2.45) is 0 Å². The fraction of sp³-hybridized carbons (Fsp3) is 0.571. The third-order valence-corrected chi connectivity index (χ3v) is 3.80. The third kappa shape index (κ3) is 2.54. The van der Waals surface area contributed by atoms with Crippen molar-refractivity contribution < 1.29 is 9.84 Å². The van der Waals surface area contributed by atoms with E-state index in [1.807, 2.05) is 24.3 Å². The molecule has 0 amide bonds. The molecule has 1 aromatic carbocycles. The van der Waals surface area contributed by atoms with Crippen LogP contribution in [0.3, 0.4) is 0 Å². The van der Waals surface area contributed by atoms with E-state index in [2.05, 4.69) is 4.90 Å². The summed E-state index contributed by atoms with van der Waals surface area (Å²) in [5.41, 5.74) is 1.36. The van der Waals surface area contributed by atoms with Crippen molar-refractivity contribution in [3.63, 3.8) is 0 Å². The number of rotatable bonds is 2. The number of hydrogen-bond acceptors (Lipinski definition) is 3. The van der Waals surface area contributed by atoms with Crippen molar-refractivity contribution in [2.75, 3.05) is 26.2 Å². The molecule has 1 aromatic rings. The molecule has 1 N–H and O–H groups in total. The van der Waals surface area contributed by atoms with Crippen LogP contribution in [0.2, 0.25) is 0 Å². The second-order valence-corrected chi connectivity index (χ2v) is 5.16. The van der Waals surface area contributed by atoms with Crippen molar-refractivity contribution >= 4 is 12.4 Å². The topological polar surface area (TPSA) is 32.7 Å². The molecule has 4 heteroatoms. The molecule has 0 bridgehead atoms. The Hall–Kier alpha value is -0.610. The van der Waals surface area contributed by atoms with E-state index in [1.165, 1.54) is 12.8 Å². The highest BCUT2D eigenvalue weighted by Crippen LogP contribution is 2.31. The Balaban J connectivity index is 0.00000120. The van der Waals surface area contributed by atoms with Gasteiger partial charge in [-0.15, -0.1) is 12.4 Å². The third-order valence-electron chi connectivity index (χ3n) is 3.80. The van der Waals surface area contributed by atoms with Crippen LogP contribution < -0.4 is 0 Å². The van der Waals surface area contributed by atoms with E-state index < -0.39 is 5.60 Å². The first-order chi connectivity index (χ1) is 8.28. The van der Waals surface area contributed by atoms with Crippen LogP contribution in [0.15, 0.2) is 24.3 Å². The number of aliphatic hydroxyl groups is 1. The van der Waals surface area contributed by atoms with E-state index in [0.717, 1.165) is 24.2 Å².